The van der Waals surface area contributed by atoms with Gasteiger partial charge in [0.2, 0.25) is 0 Å². The van der Waals surface area contributed by atoms with Gasteiger partial charge in [-0.2, -0.15) is 0 Å². The number of ether oxygens (including phenoxy) is 1. The highest BCUT2D eigenvalue weighted by Crippen LogP contribution is 2.12. The van der Waals surface area contributed by atoms with Gasteiger partial charge in [0, 0.05) is 53.6 Å². The minimum Gasteiger partial charge on any atom is -0.385 e. The zero-order valence-electron chi connectivity index (χ0n) is 13.3. The molecule has 21 heavy (non-hydrogen) atoms. The number of nitrogens with zero attached hydrogens (tertiary/aromatic N) is 2. The van der Waals surface area contributed by atoms with Crippen LogP contribution in [0.3, 0.4) is 0 Å². The van der Waals surface area contributed by atoms with Crippen LogP contribution in [0.15, 0.2) is 29.3 Å². The molecular weight excluding hydrogens is 379 g/mol. The summed E-state index contributed by atoms with van der Waals surface area (Å²) in [4.78, 5) is 6.30. The van der Waals surface area contributed by atoms with Crippen molar-refractivity contribution in [3.05, 3.63) is 29.8 Å². The van der Waals surface area contributed by atoms with E-state index in [9.17, 15) is 0 Å². The summed E-state index contributed by atoms with van der Waals surface area (Å²) < 4.78 is 5.02. The molecule has 120 valence electrons. The molecule has 0 heterocycles. The summed E-state index contributed by atoms with van der Waals surface area (Å²) in [5.41, 5.74) is 2.43. The van der Waals surface area contributed by atoms with Gasteiger partial charge in [-0.05, 0) is 24.1 Å². The Bertz CT molecular complexity index is 424. The van der Waals surface area contributed by atoms with Crippen molar-refractivity contribution in [3.8, 4) is 0 Å². The molecule has 0 aliphatic rings. The van der Waals surface area contributed by atoms with Gasteiger partial charge in [0.05, 0.1) is 0 Å². The van der Waals surface area contributed by atoms with E-state index in [2.05, 4.69) is 44.8 Å². The van der Waals surface area contributed by atoms with Crippen LogP contribution in [0.25, 0.3) is 0 Å². The summed E-state index contributed by atoms with van der Waals surface area (Å²) in [6.07, 6.45) is 0.966. The molecular formula is C15H27IN4O. The quantitative estimate of drug-likeness (QED) is 0.315. The molecule has 0 amide bonds. The maximum Gasteiger partial charge on any atom is 0.191 e. The smallest absolute Gasteiger partial charge is 0.191 e. The third-order valence-electron chi connectivity index (χ3n) is 2.93. The predicted octanol–water partition coefficient (Wildman–Crippen LogP) is 2.07. The molecule has 2 N–H and O–H groups in total. The van der Waals surface area contributed by atoms with Crippen molar-refractivity contribution in [3.63, 3.8) is 0 Å². The lowest BCUT2D eigenvalue weighted by Gasteiger charge is -2.15. The Morgan fingerprint density at radius 1 is 1.29 bits per heavy atom. The molecule has 0 aromatic heterocycles. The number of guanidine groups is 1. The first-order chi connectivity index (χ1) is 9.67. The van der Waals surface area contributed by atoms with E-state index in [0.717, 1.165) is 32.1 Å². The van der Waals surface area contributed by atoms with Crippen LogP contribution in [-0.2, 0) is 11.3 Å². The molecule has 1 aromatic carbocycles. The topological polar surface area (TPSA) is 48.9 Å². The molecule has 6 heteroatoms. The first kappa shape index (κ1) is 20.0. The van der Waals surface area contributed by atoms with Crippen LogP contribution in [0.4, 0.5) is 5.69 Å². The van der Waals surface area contributed by atoms with Crippen molar-refractivity contribution in [1.29, 1.82) is 0 Å². The van der Waals surface area contributed by atoms with E-state index >= 15 is 0 Å². The van der Waals surface area contributed by atoms with Gasteiger partial charge in [0.25, 0.3) is 0 Å². The molecule has 0 bridgehead atoms. The zero-order chi connectivity index (χ0) is 14.8. The number of nitrogens with one attached hydrogen (secondary N) is 2. The molecule has 1 aromatic rings. The van der Waals surface area contributed by atoms with E-state index in [-0.39, 0.29) is 24.0 Å². The van der Waals surface area contributed by atoms with Gasteiger partial charge in [-0.3, -0.25) is 4.99 Å². The normalized spacial score (nSPS) is 10.8. The number of methoxy groups -OCH3 is 1. The number of rotatable bonds is 7. The van der Waals surface area contributed by atoms with E-state index in [1.165, 1.54) is 11.3 Å². The second-order valence-electron chi connectivity index (χ2n) is 4.76. The van der Waals surface area contributed by atoms with Crippen molar-refractivity contribution in [1.82, 2.24) is 10.6 Å². The molecule has 0 spiro atoms. The van der Waals surface area contributed by atoms with E-state index in [0.29, 0.717) is 0 Å². The van der Waals surface area contributed by atoms with Crippen molar-refractivity contribution in [2.45, 2.75) is 13.0 Å². The maximum absolute atomic E-state index is 5.02. The highest BCUT2D eigenvalue weighted by Gasteiger charge is 2.00. The summed E-state index contributed by atoms with van der Waals surface area (Å²) in [5.74, 6) is 0.816. The van der Waals surface area contributed by atoms with E-state index in [1.807, 2.05) is 14.1 Å². The maximum atomic E-state index is 5.02. The summed E-state index contributed by atoms with van der Waals surface area (Å²) in [5, 5.41) is 6.57. The Labute approximate surface area is 145 Å². The van der Waals surface area contributed by atoms with Gasteiger partial charge in [0.15, 0.2) is 5.96 Å². The first-order valence-electron chi connectivity index (χ1n) is 6.87. The molecule has 0 radical (unpaired) electrons. The lowest BCUT2D eigenvalue weighted by Crippen LogP contribution is -2.37. The summed E-state index contributed by atoms with van der Waals surface area (Å²) in [6.45, 7) is 2.37. The Morgan fingerprint density at radius 3 is 2.67 bits per heavy atom. The van der Waals surface area contributed by atoms with Crippen LogP contribution in [0, 0.1) is 0 Å². The van der Waals surface area contributed by atoms with Crippen LogP contribution >= 0.6 is 24.0 Å². The average Bonchev–Trinajstić information content (AvgIpc) is 2.47. The number of hydrogen-bond donors (Lipinski definition) is 2. The fourth-order valence-corrected chi connectivity index (χ4v) is 1.77. The zero-order valence-corrected chi connectivity index (χ0v) is 15.7. The molecule has 0 aliphatic carbocycles. The monoisotopic (exact) mass is 406 g/mol. The van der Waals surface area contributed by atoms with E-state index in [4.69, 9.17) is 4.74 Å². The highest BCUT2D eigenvalue weighted by molar-refractivity contribution is 14.0. The minimum absolute atomic E-state index is 0. The lowest BCUT2D eigenvalue weighted by atomic mass is 10.2. The second kappa shape index (κ2) is 11.6. The number of benzene rings is 1. The Morgan fingerprint density at radius 2 is 2.05 bits per heavy atom. The molecule has 0 saturated heterocycles. The molecule has 5 nitrogen and oxygen atoms in total. The van der Waals surface area contributed by atoms with Crippen molar-refractivity contribution >= 4 is 35.6 Å². The molecule has 1 rings (SSSR count). The second-order valence-corrected chi connectivity index (χ2v) is 4.76. The third kappa shape index (κ3) is 8.11. The number of hydrogen-bond acceptors (Lipinski definition) is 3. The van der Waals surface area contributed by atoms with Gasteiger partial charge >= 0.3 is 0 Å². The fourth-order valence-electron chi connectivity index (χ4n) is 1.77. The van der Waals surface area contributed by atoms with Crippen molar-refractivity contribution in [2.75, 3.05) is 46.3 Å². The van der Waals surface area contributed by atoms with Gasteiger partial charge in [0.1, 0.15) is 0 Å². The van der Waals surface area contributed by atoms with Crippen LogP contribution < -0.4 is 15.5 Å². The fraction of sp³-hybridized carbons (Fsp3) is 0.533. The van der Waals surface area contributed by atoms with E-state index < -0.39 is 0 Å². The largest absolute Gasteiger partial charge is 0.385 e. The average molecular weight is 406 g/mol. The SMILES string of the molecule is CN=C(NCCCOC)NCc1cccc(N(C)C)c1.I. The Hall–Kier alpha value is -1.02. The van der Waals surface area contributed by atoms with E-state index in [1.54, 1.807) is 14.2 Å². The predicted molar refractivity (Wildman–Crippen MR) is 101 cm³/mol. The molecule has 0 atom stereocenters. The first-order valence-corrected chi connectivity index (χ1v) is 6.87. The minimum atomic E-state index is 0. The number of anilines is 1. The van der Waals surface area contributed by atoms with Crippen LogP contribution in [0.5, 0.6) is 0 Å². The summed E-state index contributed by atoms with van der Waals surface area (Å²) in [7, 11) is 7.58. The Balaban J connectivity index is 0.00000400. The van der Waals surface area contributed by atoms with Crippen molar-refractivity contribution in [2.24, 2.45) is 4.99 Å². The van der Waals surface area contributed by atoms with Gasteiger partial charge in [-0.25, -0.2) is 0 Å². The highest BCUT2D eigenvalue weighted by atomic mass is 127. The van der Waals surface area contributed by atoms with Crippen LogP contribution in [-0.4, -0.2) is 47.4 Å². The Kier molecular flexibility index (Phi) is 11.1. The molecule has 0 aliphatic heterocycles. The lowest BCUT2D eigenvalue weighted by molar-refractivity contribution is 0.195. The molecule has 0 unspecified atom stereocenters. The summed E-state index contributed by atoms with van der Waals surface area (Å²) >= 11 is 0. The van der Waals surface area contributed by atoms with Crippen molar-refractivity contribution < 1.29 is 4.74 Å². The van der Waals surface area contributed by atoms with Gasteiger partial charge < -0.3 is 20.3 Å². The number of aliphatic imine (C=N–C) groups is 1. The number of halogens is 1. The standard InChI is InChI=1S/C15H26N4O.HI/c1-16-15(17-9-6-10-20-4)18-12-13-7-5-8-14(11-13)19(2)3;/h5,7-8,11H,6,9-10,12H2,1-4H3,(H2,16,17,18);1H. The molecule has 0 fully saturated rings. The molecule has 0 saturated carbocycles. The van der Waals surface area contributed by atoms with Gasteiger partial charge in [-0.1, -0.05) is 12.1 Å². The van der Waals surface area contributed by atoms with Crippen LogP contribution in [0.1, 0.15) is 12.0 Å². The summed E-state index contributed by atoms with van der Waals surface area (Å²) in [6, 6.07) is 8.45. The van der Waals surface area contributed by atoms with Gasteiger partial charge in [-0.15, -0.1) is 24.0 Å². The third-order valence-corrected chi connectivity index (χ3v) is 2.93. The van der Waals surface area contributed by atoms with Crippen LogP contribution in [0.2, 0.25) is 0 Å².